The van der Waals surface area contributed by atoms with E-state index in [2.05, 4.69) is 15.3 Å². The number of carbonyl (C=O) groups is 1. The molecule has 0 radical (unpaired) electrons. The molecule has 0 spiro atoms. The van der Waals surface area contributed by atoms with E-state index in [1.54, 1.807) is 20.8 Å². The summed E-state index contributed by atoms with van der Waals surface area (Å²) >= 11 is 0. The minimum atomic E-state index is -4.89. The Bertz CT molecular complexity index is 1010. The van der Waals surface area contributed by atoms with Crippen molar-refractivity contribution in [3.63, 3.8) is 0 Å². The van der Waals surface area contributed by atoms with Gasteiger partial charge in [0, 0.05) is 12.1 Å². The number of carbonyl (C=O) groups excluding carboxylic acids is 1. The van der Waals surface area contributed by atoms with Gasteiger partial charge in [-0.15, -0.1) is 0 Å². The molecule has 8 nitrogen and oxygen atoms in total. The zero-order chi connectivity index (χ0) is 22.1. The number of H-pyrrole nitrogens is 1. The topological polar surface area (TPSA) is 118 Å². The zero-order valence-corrected chi connectivity index (χ0v) is 16.0. The van der Waals surface area contributed by atoms with Crippen molar-refractivity contribution in [2.45, 2.75) is 39.9 Å². The molecule has 156 valence electrons. The summed E-state index contributed by atoms with van der Waals surface area (Å²) in [5.41, 5.74) is -3.81. The Balaban J connectivity index is 2.51. The van der Waals surface area contributed by atoms with Crippen molar-refractivity contribution >= 4 is 11.6 Å². The first kappa shape index (κ1) is 22.1. The van der Waals surface area contributed by atoms with Crippen molar-refractivity contribution in [1.29, 1.82) is 0 Å². The molecule has 1 aromatic heterocycles. The van der Waals surface area contributed by atoms with Gasteiger partial charge in [0.25, 0.3) is 17.2 Å². The Hall–Kier alpha value is -3.24. The summed E-state index contributed by atoms with van der Waals surface area (Å²) in [4.78, 5) is 40.5. The fourth-order valence-corrected chi connectivity index (χ4v) is 2.82. The lowest BCUT2D eigenvalue weighted by Crippen LogP contribution is -2.37. The van der Waals surface area contributed by atoms with E-state index in [-0.39, 0.29) is 17.1 Å². The highest BCUT2D eigenvalue weighted by molar-refractivity contribution is 5.92. The van der Waals surface area contributed by atoms with Gasteiger partial charge in [-0.05, 0) is 24.0 Å². The number of nitro benzene ring substituents is 1. The molecule has 1 amide bonds. The van der Waals surface area contributed by atoms with Gasteiger partial charge in [0.15, 0.2) is 0 Å². The third-order valence-electron chi connectivity index (χ3n) is 4.09. The number of nitrogens with zero attached hydrogens (tertiary/aromatic N) is 2. The Morgan fingerprint density at radius 1 is 1.24 bits per heavy atom. The summed E-state index contributed by atoms with van der Waals surface area (Å²) < 4.78 is 39.2. The first-order valence-electron chi connectivity index (χ1n) is 8.44. The van der Waals surface area contributed by atoms with Gasteiger partial charge < -0.3 is 10.3 Å². The number of halogens is 3. The molecule has 11 heteroatoms. The molecular formula is C18H19F3N4O4. The maximum absolute atomic E-state index is 13.1. The van der Waals surface area contributed by atoms with Gasteiger partial charge in [0.05, 0.1) is 11.0 Å². The van der Waals surface area contributed by atoms with E-state index in [1.165, 1.54) is 6.92 Å². The van der Waals surface area contributed by atoms with Gasteiger partial charge in [0.2, 0.25) is 0 Å². The highest BCUT2D eigenvalue weighted by atomic mass is 19.4. The normalized spacial score (nSPS) is 13.1. The second-order valence-corrected chi connectivity index (χ2v) is 7.52. The van der Waals surface area contributed by atoms with E-state index in [4.69, 9.17) is 0 Å². The standard InChI is InChI=1S/C18H19F3N4O4/c1-9-22-12(8-14(26)23-9)16(27)24-15(17(2,3)4)10-5-6-11(18(19,20)21)13(7-10)25(28)29/h5-8,15H,1-4H3,(H,24,27)(H,22,23,26). The van der Waals surface area contributed by atoms with Crippen LogP contribution >= 0.6 is 0 Å². The largest absolute Gasteiger partial charge is 0.422 e. The van der Waals surface area contributed by atoms with E-state index in [0.717, 1.165) is 18.2 Å². The lowest BCUT2D eigenvalue weighted by molar-refractivity contribution is -0.388. The predicted octanol–water partition coefficient (Wildman–Crippen LogP) is 3.52. The van der Waals surface area contributed by atoms with Crippen molar-refractivity contribution < 1.29 is 22.9 Å². The van der Waals surface area contributed by atoms with Crippen LogP contribution < -0.4 is 10.9 Å². The number of rotatable bonds is 4. The number of hydrogen-bond acceptors (Lipinski definition) is 5. The number of benzene rings is 1. The summed E-state index contributed by atoms with van der Waals surface area (Å²) in [5, 5.41) is 13.8. The average molecular weight is 412 g/mol. The molecule has 1 atom stereocenters. The van der Waals surface area contributed by atoms with Gasteiger partial charge in [0.1, 0.15) is 17.1 Å². The summed E-state index contributed by atoms with van der Waals surface area (Å²) in [6, 6.07) is 2.60. The van der Waals surface area contributed by atoms with Crippen molar-refractivity contribution in [3.8, 4) is 0 Å². The lowest BCUT2D eigenvalue weighted by atomic mass is 9.81. The van der Waals surface area contributed by atoms with Crippen molar-refractivity contribution in [3.05, 3.63) is 67.4 Å². The second-order valence-electron chi connectivity index (χ2n) is 7.52. The summed E-state index contributed by atoms with van der Waals surface area (Å²) in [6.07, 6.45) is -4.89. The SMILES string of the molecule is Cc1nc(C(=O)NC(c2ccc(C(F)(F)F)c([N+](=O)[O-])c2)C(C)(C)C)cc(=O)[nH]1. The van der Waals surface area contributed by atoms with Crippen LogP contribution in [0.4, 0.5) is 18.9 Å². The number of aromatic nitrogens is 2. The second kappa shape index (κ2) is 7.64. The molecule has 1 unspecified atom stereocenters. The first-order chi connectivity index (χ1) is 13.2. The molecule has 0 aliphatic heterocycles. The van der Waals surface area contributed by atoms with Crippen LogP contribution in [-0.4, -0.2) is 20.8 Å². The molecule has 0 aliphatic rings. The summed E-state index contributed by atoms with van der Waals surface area (Å²) in [5.74, 6) is -0.526. The number of alkyl halides is 3. The molecule has 1 heterocycles. The van der Waals surface area contributed by atoms with E-state index in [0.29, 0.717) is 6.07 Å². The maximum Gasteiger partial charge on any atom is 0.422 e. The van der Waals surface area contributed by atoms with E-state index in [1.807, 2.05) is 0 Å². The third kappa shape index (κ3) is 5.18. The van der Waals surface area contributed by atoms with Gasteiger partial charge >= 0.3 is 6.18 Å². The van der Waals surface area contributed by atoms with Gasteiger partial charge in [-0.2, -0.15) is 13.2 Å². The Morgan fingerprint density at radius 2 is 1.86 bits per heavy atom. The van der Waals surface area contributed by atoms with Crippen LogP contribution in [0.15, 0.2) is 29.1 Å². The van der Waals surface area contributed by atoms with Crippen LogP contribution in [0.2, 0.25) is 0 Å². The number of aryl methyl sites for hydroxylation is 1. The van der Waals surface area contributed by atoms with E-state index < -0.39 is 45.3 Å². The number of nitro groups is 1. The fraction of sp³-hybridized carbons (Fsp3) is 0.389. The summed E-state index contributed by atoms with van der Waals surface area (Å²) in [6.45, 7) is 6.60. The highest BCUT2D eigenvalue weighted by Gasteiger charge is 2.39. The first-order valence-corrected chi connectivity index (χ1v) is 8.44. The van der Waals surface area contributed by atoms with Crippen LogP contribution in [-0.2, 0) is 6.18 Å². The Kier molecular flexibility index (Phi) is 5.81. The monoisotopic (exact) mass is 412 g/mol. The van der Waals surface area contributed by atoms with Crippen LogP contribution in [0.25, 0.3) is 0 Å². The number of amides is 1. The van der Waals surface area contributed by atoms with E-state index in [9.17, 15) is 32.9 Å². The molecule has 1 aromatic carbocycles. The molecule has 0 saturated carbocycles. The Labute approximate surface area is 163 Å². The molecule has 0 saturated heterocycles. The van der Waals surface area contributed by atoms with Crippen molar-refractivity contribution in [2.24, 2.45) is 5.41 Å². The molecule has 29 heavy (non-hydrogen) atoms. The van der Waals surface area contributed by atoms with Gasteiger partial charge in [-0.25, -0.2) is 4.98 Å². The Morgan fingerprint density at radius 3 is 2.34 bits per heavy atom. The van der Waals surface area contributed by atoms with Gasteiger partial charge in [-0.3, -0.25) is 19.7 Å². The predicted molar refractivity (Wildman–Crippen MR) is 97.4 cm³/mol. The molecular weight excluding hydrogens is 393 g/mol. The minimum absolute atomic E-state index is 0.118. The maximum atomic E-state index is 13.1. The lowest BCUT2D eigenvalue weighted by Gasteiger charge is -2.32. The van der Waals surface area contributed by atoms with E-state index >= 15 is 0 Å². The quantitative estimate of drug-likeness (QED) is 0.588. The molecule has 2 aromatic rings. The van der Waals surface area contributed by atoms with Crippen LogP contribution in [0.3, 0.4) is 0 Å². The van der Waals surface area contributed by atoms with Crippen molar-refractivity contribution in [1.82, 2.24) is 15.3 Å². The summed E-state index contributed by atoms with van der Waals surface area (Å²) in [7, 11) is 0. The average Bonchev–Trinajstić information content (AvgIpc) is 2.56. The fourth-order valence-electron chi connectivity index (χ4n) is 2.82. The minimum Gasteiger partial charge on any atom is -0.343 e. The van der Waals surface area contributed by atoms with Gasteiger partial charge in [-0.1, -0.05) is 26.8 Å². The molecule has 2 rings (SSSR count). The van der Waals surface area contributed by atoms with Crippen molar-refractivity contribution in [2.75, 3.05) is 0 Å². The smallest absolute Gasteiger partial charge is 0.343 e. The van der Waals surface area contributed by atoms with Crippen LogP contribution in [0, 0.1) is 22.5 Å². The van der Waals surface area contributed by atoms with Crippen LogP contribution in [0.5, 0.6) is 0 Å². The highest BCUT2D eigenvalue weighted by Crippen LogP contribution is 2.40. The number of aromatic amines is 1. The molecule has 0 bridgehead atoms. The van der Waals surface area contributed by atoms with Crippen LogP contribution in [0.1, 0.15) is 54.3 Å². The molecule has 0 aliphatic carbocycles. The molecule has 2 N–H and O–H groups in total. The number of hydrogen-bond donors (Lipinski definition) is 2. The third-order valence-corrected chi connectivity index (χ3v) is 4.09. The number of nitrogens with one attached hydrogen (secondary N) is 2. The molecule has 0 fully saturated rings. The zero-order valence-electron chi connectivity index (χ0n) is 16.0.